The first-order valence-corrected chi connectivity index (χ1v) is 7.36. The summed E-state index contributed by atoms with van der Waals surface area (Å²) in [7, 11) is 0. The van der Waals surface area contributed by atoms with Crippen LogP contribution in [0.25, 0.3) is 0 Å². The summed E-state index contributed by atoms with van der Waals surface area (Å²) in [5.41, 5.74) is -1.86. The number of carbonyl (C=O) groups is 2. The maximum atomic E-state index is 11.9. The molecule has 2 fully saturated rings. The van der Waals surface area contributed by atoms with Gasteiger partial charge in [-0.05, 0) is 64.7 Å². The maximum absolute atomic E-state index is 11.9. The number of carboxylic acids is 1. The number of amides is 1. The fourth-order valence-electron chi connectivity index (χ4n) is 3.77. The van der Waals surface area contributed by atoms with Crippen LogP contribution in [0, 0.1) is 17.8 Å². The van der Waals surface area contributed by atoms with Crippen molar-refractivity contribution >= 4 is 12.1 Å². The fourth-order valence-corrected chi connectivity index (χ4v) is 3.77. The number of hydrogen-bond acceptors (Lipinski definition) is 3. The first-order chi connectivity index (χ1) is 9.12. The highest BCUT2D eigenvalue weighted by Gasteiger charge is 2.53. The Balaban J connectivity index is 2.10. The van der Waals surface area contributed by atoms with E-state index in [4.69, 9.17) is 4.74 Å². The van der Waals surface area contributed by atoms with E-state index in [0.29, 0.717) is 11.8 Å². The SMILES string of the molecule is CC(C)(C)OC(=O)NC(C)(C(=O)O)C1CC2CCC1C2. The van der Waals surface area contributed by atoms with Crippen molar-refractivity contribution in [2.24, 2.45) is 17.8 Å². The van der Waals surface area contributed by atoms with Gasteiger partial charge in [0.25, 0.3) is 0 Å². The Hall–Kier alpha value is -1.26. The summed E-state index contributed by atoms with van der Waals surface area (Å²) in [4.78, 5) is 23.7. The van der Waals surface area contributed by atoms with Crippen LogP contribution in [0.1, 0.15) is 53.4 Å². The third-order valence-electron chi connectivity index (χ3n) is 4.68. The van der Waals surface area contributed by atoms with E-state index in [9.17, 15) is 14.7 Å². The topological polar surface area (TPSA) is 75.6 Å². The van der Waals surface area contributed by atoms with Crippen LogP contribution >= 0.6 is 0 Å². The minimum atomic E-state index is -1.23. The first-order valence-electron chi connectivity index (χ1n) is 7.36. The summed E-state index contributed by atoms with van der Waals surface area (Å²) in [5.74, 6) is 0.0762. The van der Waals surface area contributed by atoms with Gasteiger partial charge in [0.2, 0.25) is 0 Å². The van der Waals surface area contributed by atoms with E-state index in [-0.39, 0.29) is 5.92 Å². The van der Waals surface area contributed by atoms with Crippen molar-refractivity contribution < 1.29 is 19.4 Å². The molecule has 0 saturated heterocycles. The summed E-state index contributed by atoms with van der Waals surface area (Å²) in [5, 5.41) is 12.2. The Morgan fingerprint density at radius 3 is 2.20 bits per heavy atom. The van der Waals surface area contributed by atoms with Gasteiger partial charge in [0.05, 0.1) is 0 Å². The molecule has 2 aliphatic rings. The number of carboxylic acid groups (broad SMARTS) is 1. The van der Waals surface area contributed by atoms with Gasteiger partial charge in [-0.25, -0.2) is 9.59 Å². The monoisotopic (exact) mass is 283 g/mol. The van der Waals surface area contributed by atoms with Crippen LogP contribution in [0.2, 0.25) is 0 Å². The molecule has 2 bridgehead atoms. The van der Waals surface area contributed by atoms with E-state index >= 15 is 0 Å². The third kappa shape index (κ3) is 2.91. The lowest BCUT2D eigenvalue weighted by Crippen LogP contribution is -2.59. The van der Waals surface area contributed by atoms with Gasteiger partial charge in [-0.15, -0.1) is 0 Å². The van der Waals surface area contributed by atoms with Crippen LogP contribution in [0.15, 0.2) is 0 Å². The number of hydrogen-bond donors (Lipinski definition) is 2. The number of carbonyl (C=O) groups excluding carboxylic acids is 1. The van der Waals surface area contributed by atoms with E-state index in [1.807, 2.05) is 0 Å². The molecule has 114 valence electrons. The standard InChI is InChI=1S/C15H25NO4/c1-14(2,3)20-13(19)16-15(4,12(17)18)11-8-9-5-6-10(11)7-9/h9-11H,5-8H2,1-4H3,(H,16,19)(H,17,18). The van der Waals surface area contributed by atoms with Crippen LogP contribution in [0.5, 0.6) is 0 Å². The molecule has 0 aromatic carbocycles. The molecule has 2 aliphatic carbocycles. The van der Waals surface area contributed by atoms with Gasteiger partial charge in [0, 0.05) is 0 Å². The van der Waals surface area contributed by atoms with E-state index in [0.717, 1.165) is 19.3 Å². The fraction of sp³-hybridized carbons (Fsp3) is 0.867. The Kier molecular flexibility index (Phi) is 3.73. The van der Waals surface area contributed by atoms with Crippen molar-refractivity contribution in [2.75, 3.05) is 0 Å². The lowest BCUT2D eigenvalue weighted by atomic mass is 9.75. The second kappa shape index (κ2) is 4.93. The van der Waals surface area contributed by atoms with Crippen LogP contribution in [0.3, 0.4) is 0 Å². The highest BCUT2D eigenvalue weighted by Crippen LogP contribution is 2.52. The van der Waals surface area contributed by atoms with Crippen LogP contribution in [-0.4, -0.2) is 28.3 Å². The molecule has 2 N–H and O–H groups in total. The van der Waals surface area contributed by atoms with Gasteiger partial charge in [0.1, 0.15) is 11.1 Å². The summed E-state index contributed by atoms with van der Waals surface area (Å²) in [6, 6.07) is 0. The molecule has 2 saturated carbocycles. The molecule has 4 unspecified atom stereocenters. The van der Waals surface area contributed by atoms with Gasteiger partial charge in [0.15, 0.2) is 0 Å². The third-order valence-corrected chi connectivity index (χ3v) is 4.68. The Labute approximate surface area is 120 Å². The number of rotatable bonds is 3. The smallest absolute Gasteiger partial charge is 0.408 e. The molecule has 5 nitrogen and oxygen atoms in total. The number of nitrogens with one attached hydrogen (secondary N) is 1. The highest BCUT2D eigenvalue weighted by atomic mass is 16.6. The average Bonchev–Trinajstić information content (AvgIpc) is 2.87. The minimum Gasteiger partial charge on any atom is -0.480 e. The molecule has 4 atom stereocenters. The zero-order chi connectivity index (χ0) is 15.1. The molecular formula is C15H25NO4. The molecule has 0 heterocycles. The molecule has 5 heteroatoms. The van der Waals surface area contributed by atoms with Crippen LogP contribution in [-0.2, 0) is 9.53 Å². The molecule has 0 radical (unpaired) electrons. The van der Waals surface area contributed by atoms with E-state index in [1.54, 1.807) is 27.7 Å². The Morgan fingerprint density at radius 2 is 1.80 bits per heavy atom. The van der Waals surface area contributed by atoms with Crippen LogP contribution in [0.4, 0.5) is 4.79 Å². The molecule has 0 aromatic rings. The van der Waals surface area contributed by atoms with Crippen molar-refractivity contribution in [3.8, 4) is 0 Å². The second-order valence-electron chi connectivity index (χ2n) is 7.42. The first kappa shape index (κ1) is 15.1. The summed E-state index contributed by atoms with van der Waals surface area (Å²) >= 11 is 0. The van der Waals surface area contributed by atoms with Crippen molar-refractivity contribution in [3.63, 3.8) is 0 Å². The minimum absolute atomic E-state index is 0.00580. The van der Waals surface area contributed by atoms with E-state index in [1.165, 1.54) is 6.42 Å². The number of ether oxygens (including phenoxy) is 1. The normalized spacial score (nSPS) is 31.7. The Bertz CT molecular complexity index is 415. The van der Waals surface area contributed by atoms with Crippen molar-refractivity contribution in [2.45, 2.75) is 64.5 Å². The molecule has 0 aliphatic heterocycles. The zero-order valence-corrected chi connectivity index (χ0v) is 12.7. The highest BCUT2D eigenvalue weighted by molar-refractivity contribution is 5.84. The molecule has 20 heavy (non-hydrogen) atoms. The maximum Gasteiger partial charge on any atom is 0.408 e. The second-order valence-corrected chi connectivity index (χ2v) is 7.42. The van der Waals surface area contributed by atoms with Gasteiger partial charge in [-0.3, -0.25) is 0 Å². The van der Waals surface area contributed by atoms with Gasteiger partial charge in [-0.2, -0.15) is 0 Å². The van der Waals surface area contributed by atoms with Gasteiger partial charge < -0.3 is 15.2 Å². The summed E-state index contributed by atoms with van der Waals surface area (Å²) < 4.78 is 5.21. The van der Waals surface area contributed by atoms with E-state index < -0.39 is 23.2 Å². The Morgan fingerprint density at radius 1 is 1.15 bits per heavy atom. The summed E-state index contributed by atoms with van der Waals surface area (Å²) in [6.45, 7) is 6.91. The van der Waals surface area contributed by atoms with Gasteiger partial charge >= 0.3 is 12.1 Å². The lowest BCUT2D eigenvalue weighted by Gasteiger charge is -2.37. The molecular weight excluding hydrogens is 258 g/mol. The zero-order valence-electron chi connectivity index (χ0n) is 12.7. The number of aliphatic carboxylic acids is 1. The van der Waals surface area contributed by atoms with Gasteiger partial charge in [-0.1, -0.05) is 6.42 Å². The molecule has 2 rings (SSSR count). The van der Waals surface area contributed by atoms with Crippen LogP contribution < -0.4 is 5.32 Å². The average molecular weight is 283 g/mol. The quantitative estimate of drug-likeness (QED) is 0.835. The number of alkyl carbamates (subject to hydrolysis) is 1. The molecule has 0 aromatic heterocycles. The van der Waals surface area contributed by atoms with Crippen molar-refractivity contribution in [1.82, 2.24) is 5.32 Å². The number of fused-ring (bicyclic) bond motifs is 2. The van der Waals surface area contributed by atoms with Crippen molar-refractivity contribution in [3.05, 3.63) is 0 Å². The van der Waals surface area contributed by atoms with Crippen molar-refractivity contribution in [1.29, 1.82) is 0 Å². The summed E-state index contributed by atoms with van der Waals surface area (Å²) in [6.07, 6.45) is 3.62. The van der Waals surface area contributed by atoms with E-state index in [2.05, 4.69) is 5.32 Å². The molecule has 1 amide bonds. The lowest BCUT2D eigenvalue weighted by molar-refractivity contribution is -0.147. The largest absolute Gasteiger partial charge is 0.480 e. The predicted molar refractivity (Wildman–Crippen MR) is 74.3 cm³/mol. The predicted octanol–water partition coefficient (Wildman–Crippen LogP) is 2.79. The molecule has 0 spiro atoms.